The van der Waals surface area contributed by atoms with E-state index in [0.29, 0.717) is 0 Å². The summed E-state index contributed by atoms with van der Waals surface area (Å²) in [7, 11) is 2.24. The summed E-state index contributed by atoms with van der Waals surface area (Å²) in [4.78, 5) is 2.50. The molecule has 0 heterocycles. The first-order chi connectivity index (χ1) is 8.61. The molecule has 0 saturated carbocycles. The molecule has 0 aromatic heterocycles. The first kappa shape index (κ1) is 13.6. The van der Waals surface area contributed by atoms with Crippen molar-refractivity contribution in [3.63, 3.8) is 0 Å². The predicted octanol–water partition coefficient (Wildman–Crippen LogP) is 2.46. The fraction of sp³-hybridized carbons (Fsp3) is 0.625. The van der Waals surface area contributed by atoms with Gasteiger partial charge in [0.15, 0.2) is 0 Å². The van der Waals surface area contributed by atoms with E-state index < -0.39 is 0 Å². The molecule has 1 aliphatic carbocycles. The second-order valence-electron chi connectivity index (χ2n) is 5.94. The Morgan fingerprint density at radius 1 is 1.28 bits per heavy atom. The summed E-state index contributed by atoms with van der Waals surface area (Å²) in [6.07, 6.45) is 3.44. The molecule has 2 N–H and O–H groups in total. The molecule has 0 saturated heterocycles. The van der Waals surface area contributed by atoms with E-state index in [4.69, 9.17) is 5.73 Å². The van der Waals surface area contributed by atoms with E-state index in [2.05, 4.69) is 50.1 Å². The molecule has 0 aliphatic heterocycles. The number of hydrogen-bond acceptors (Lipinski definition) is 2. The zero-order valence-electron chi connectivity index (χ0n) is 11.9. The molecule has 2 heteroatoms. The third kappa shape index (κ3) is 2.45. The van der Waals surface area contributed by atoms with Crippen molar-refractivity contribution in [1.29, 1.82) is 0 Å². The van der Waals surface area contributed by atoms with Crippen LogP contribution in [0, 0.1) is 5.92 Å². The van der Waals surface area contributed by atoms with E-state index in [1.54, 1.807) is 0 Å². The molecule has 2 nitrogen and oxygen atoms in total. The number of likely N-dealkylation sites (N-methyl/N-ethyl adjacent to an activating group) is 1. The van der Waals surface area contributed by atoms with Crippen molar-refractivity contribution in [2.24, 2.45) is 11.7 Å². The number of hydrogen-bond donors (Lipinski definition) is 1. The molecule has 1 unspecified atom stereocenters. The molecular formula is C16H26N2. The van der Waals surface area contributed by atoms with Gasteiger partial charge in [0.2, 0.25) is 0 Å². The van der Waals surface area contributed by atoms with Crippen molar-refractivity contribution in [2.45, 2.75) is 38.6 Å². The van der Waals surface area contributed by atoms with Crippen molar-refractivity contribution in [3.8, 4) is 0 Å². The molecule has 1 atom stereocenters. The fourth-order valence-electron chi connectivity index (χ4n) is 3.03. The van der Waals surface area contributed by atoms with Gasteiger partial charge in [-0.25, -0.2) is 0 Å². The van der Waals surface area contributed by atoms with Crippen molar-refractivity contribution >= 4 is 0 Å². The van der Waals surface area contributed by atoms with Gasteiger partial charge in [0, 0.05) is 18.6 Å². The van der Waals surface area contributed by atoms with Gasteiger partial charge in [-0.3, -0.25) is 4.90 Å². The molecular weight excluding hydrogens is 220 g/mol. The zero-order chi connectivity index (χ0) is 13.2. The average molecular weight is 246 g/mol. The first-order valence-electron chi connectivity index (χ1n) is 7.09. The van der Waals surface area contributed by atoms with Gasteiger partial charge in [-0.2, -0.15) is 0 Å². The molecule has 100 valence electrons. The van der Waals surface area contributed by atoms with E-state index in [1.807, 2.05) is 0 Å². The average Bonchev–Trinajstić information content (AvgIpc) is 2.78. The molecule has 1 aromatic carbocycles. The lowest BCUT2D eigenvalue weighted by atomic mass is 9.92. The smallest absolute Gasteiger partial charge is 0.0409 e. The minimum atomic E-state index is 0.146. The number of nitrogens with two attached hydrogens (primary N) is 1. The minimum Gasteiger partial charge on any atom is -0.329 e. The number of benzene rings is 1. The number of rotatable bonds is 5. The van der Waals surface area contributed by atoms with Crippen LogP contribution in [-0.2, 0) is 12.8 Å². The summed E-state index contributed by atoms with van der Waals surface area (Å²) < 4.78 is 0. The normalized spacial score (nSPS) is 18.9. The highest BCUT2D eigenvalue weighted by molar-refractivity contribution is 5.36. The molecule has 2 rings (SSSR count). The van der Waals surface area contributed by atoms with Gasteiger partial charge in [-0.15, -0.1) is 0 Å². The molecule has 0 spiro atoms. The Kier molecular flexibility index (Phi) is 4.08. The first-order valence-corrected chi connectivity index (χ1v) is 7.09. The van der Waals surface area contributed by atoms with Crippen molar-refractivity contribution in [1.82, 2.24) is 4.90 Å². The van der Waals surface area contributed by atoms with Crippen LogP contribution in [0.3, 0.4) is 0 Å². The quantitative estimate of drug-likeness (QED) is 0.865. The van der Waals surface area contributed by atoms with Gasteiger partial charge in [-0.05, 0) is 36.9 Å². The number of nitrogens with zero attached hydrogens (tertiary/aromatic N) is 1. The van der Waals surface area contributed by atoms with Crippen LogP contribution < -0.4 is 5.73 Å². The summed E-state index contributed by atoms with van der Waals surface area (Å²) in [5.41, 5.74) is 9.24. The lowest BCUT2D eigenvalue weighted by Gasteiger charge is -2.39. The minimum absolute atomic E-state index is 0.146. The molecule has 0 fully saturated rings. The van der Waals surface area contributed by atoms with E-state index >= 15 is 0 Å². The topological polar surface area (TPSA) is 29.3 Å². The second-order valence-corrected chi connectivity index (χ2v) is 5.94. The van der Waals surface area contributed by atoms with Crippen LogP contribution in [0.2, 0.25) is 0 Å². The molecule has 1 aromatic rings. The lowest BCUT2D eigenvalue weighted by molar-refractivity contribution is 0.116. The molecule has 1 aliphatic rings. The molecule has 18 heavy (non-hydrogen) atoms. The summed E-state index contributed by atoms with van der Waals surface area (Å²) in [5, 5.41) is 0. The fourth-order valence-corrected chi connectivity index (χ4v) is 3.03. The Balaban J connectivity index is 2.15. The Hall–Kier alpha value is -0.860. The summed E-state index contributed by atoms with van der Waals surface area (Å²) >= 11 is 0. The van der Waals surface area contributed by atoms with E-state index in [9.17, 15) is 0 Å². The Morgan fingerprint density at radius 3 is 2.28 bits per heavy atom. The van der Waals surface area contributed by atoms with Gasteiger partial charge in [0.05, 0.1) is 0 Å². The van der Waals surface area contributed by atoms with Gasteiger partial charge < -0.3 is 5.73 Å². The summed E-state index contributed by atoms with van der Waals surface area (Å²) in [5.74, 6) is 0.738. The second kappa shape index (κ2) is 5.41. The standard InChI is InChI=1S/C16H26N2/c1-4-13(2)11-18(3)16(12-17)9-14-7-5-6-8-15(14)10-16/h5-8,13H,4,9-12,17H2,1-3H3. The van der Waals surface area contributed by atoms with Gasteiger partial charge in [0.1, 0.15) is 0 Å². The highest BCUT2D eigenvalue weighted by Crippen LogP contribution is 2.33. The molecule has 0 radical (unpaired) electrons. The van der Waals surface area contributed by atoms with Crippen LogP contribution in [0.15, 0.2) is 24.3 Å². The number of fused-ring (bicyclic) bond motifs is 1. The van der Waals surface area contributed by atoms with Crippen LogP contribution in [0.25, 0.3) is 0 Å². The Morgan fingerprint density at radius 2 is 1.83 bits per heavy atom. The van der Waals surface area contributed by atoms with Crippen molar-refractivity contribution in [3.05, 3.63) is 35.4 Å². The Labute approximate surface area is 111 Å². The van der Waals surface area contributed by atoms with E-state index in [0.717, 1.165) is 31.8 Å². The zero-order valence-corrected chi connectivity index (χ0v) is 11.9. The summed E-state index contributed by atoms with van der Waals surface area (Å²) in [6.45, 7) is 6.47. The lowest BCUT2D eigenvalue weighted by Crippen LogP contribution is -2.54. The predicted molar refractivity (Wildman–Crippen MR) is 77.7 cm³/mol. The van der Waals surface area contributed by atoms with Crippen molar-refractivity contribution in [2.75, 3.05) is 20.1 Å². The SMILES string of the molecule is CCC(C)CN(C)C1(CN)Cc2ccccc2C1. The maximum atomic E-state index is 6.12. The highest BCUT2D eigenvalue weighted by atomic mass is 15.2. The third-order valence-corrected chi connectivity index (χ3v) is 4.63. The van der Waals surface area contributed by atoms with E-state index in [-0.39, 0.29) is 5.54 Å². The summed E-state index contributed by atoms with van der Waals surface area (Å²) in [6, 6.07) is 8.79. The van der Waals surface area contributed by atoms with Crippen LogP contribution in [0.1, 0.15) is 31.4 Å². The van der Waals surface area contributed by atoms with Crippen molar-refractivity contribution < 1.29 is 0 Å². The third-order valence-electron chi connectivity index (χ3n) is 4.63. The molecule has 0 amide bonds. The molecule has 0 bridgehead atoms. The Bertz CT molecular complexity index is 375. The van der Waals surface area contributed by atoms with Crippen LogP contribution in [-0.4, -0.2) is 30.6 Å². The maximum Gasteiger partial charge on any atom is 0.0409 e. The largest absolute Gasteiger partial charge is 0.329 e. The van der Waals surface area contributed by atoms with Gasteiger partial charge in [-0.1, -0.05) is 44.5 Å². The van der Waals surface area contributed by atoms with Crippen LogP contribution >= 0.6 is 0 Å². The van der Waals surface area contributed by atoms with Gasteiger partial charge >= 0.3 is 0 Å². The van der Waals surface area contributed by atoms with Crippen LogP contribution in [0.5, 0.6) is 0 Å². The highest BCUT2D eigenvalue weighted by Gasteiger charge is 2.39. The van der Waals surface area contributed by atoms with Crippen LogP contribution in [0.4, 0.5) is 0 Å². The monoisotopic (exact) mass is 246 g/mol. The van der Waals surface area contributed by atoms with Gasteiger partial charge in [0.25, 0.3) is 0 Å². The maximum absolute atomic E-state index is 6.12. The van der Waals surface area contributed by atoms with E-state index in [1.165, 1.54) is 17.5 Å².